The summed E-state index contributed by atoms with van der Waals surface area (Å²) >= 11 is 1.40. The number of nitrogen functional groups attached to an aromatic ring is 1. The minimum Gasteiger partial charge on any atom is -0.375 e. The van der Waals surface area contributed by atoms with E-state index in [1.807, 2.05) is 18.7 Å². The summed E-state index contributed by atoms with van der Waals surface area (Å²) in [6.45, 7) is 5.26. The fraction of sp³-hybridized carbons (Fsp3) is 0.571. The van der Waals surface area contributed by atoms with Crippen LogP contribution >= 0.6 is 11.3 Å². The number of aryl methyl sites for hydroxylation is 2. The predicted molar refractivity (Wildman–Crippen MR) is 84.6 cm³/mol. The maximum Gasteiger partial charge on any atom is 0.227 e. The molecule has 1 atom stereocenters. The van der Waals surface area contributed by atoms with Crippen LogP contribution in [0.4, 0.5) is 5.13 Å². The lowest BCUT2D eigenvalue weighted by molar-refractivity contribution is -0.131. The zero-order chi connectivity index (χ0) is 15.7. The van der Waals surface area contributed by atoms with E-state index >= 15 is 0 Å². The number of carbonyl (C=O) groups excluding carboxylic acids is 1. The average molecular weight is 320 g/mol. The van der Waals surface area contributed by atoms with Crippen molar-refractivity contribution in [2.24, 2.45) is 0 Å². The first kappa shape index (κ1) is 15.0. The number of hydrogen-bond acceptors (Lipinski definition) is 6. The van der Waals surface area contributed by atoms with Crippen LogP contribution in [0.1, 0.15) is 41.0 Å². The number of aromatic nitrogens is 4. The smallest absolute Gasteiger partial charge is 0.227 e. The second-order valence-electron chi connectivity index (χ2n) is 5.70. The van der Waals surface area contributed by atoms with Gasteiger partial charge in [-0.2, -0.15) is 5.10 Å². The van der Waals surface area contributed by atoms with Gasteiger partial charge in [-0.05, 0) is 26.7 Å². The van der Waals surface area contributed by atoms with Gasteiger partial charge in [-0.3, -0.25) is 9.89 Å². The zero-order valence-electron chi connectivity index (χ0n) is 12.8. The number of hydrogen-bond donors (Lipinski definition) is 2. The summed E-state index contributed by atoms with van der Waals surface area (Å²) in [5.74, 6) is 1.97. The Bertz CT molecular complexity index is 679. The van der Waals surface area contributed by atoms with Crippen LogP contribution in [-0.2, 0) is 11.2 Å². The van der Waals surface area contributed by atoms with Gasteiger partial charge in [-0.15, -0.1) is 11.3 Å². The van der Waals surface area contributed by atoms with Crippen molar-refractivity contribution in [1.82, 2.24) is 25.1 Å². The van der Waals surface area contributed by atoms with Crippen molar-refractivity contribution < 1.29 is 4.79 Å². The first-order chi connectivity index (χ1) is 10.5. The highest BCUT2D eigenvalue weighted by atomic mass is 32.1. The van der Waals surface area contributed by atoms with Crippen molar-refractivity contribution in [1.29, 1.82) is 0 Å². The number of nitrogens with zero attached hydrogens (tertiary/aromatic N) is 4. The van der Waals surface area contributed by atoms with Crippen molar-refractivity contribution in [3.05, 3.63) is 22.2 Å². The van der Waals surface area contributed by atoms with E-state index in [1.54, 1.807) is 0 Å². The molecular formula is C14H20N6OS. The Labute approximate surface area is 133 Å². The summed E-state index contributed by atoms with van der Waals surface area (Å²) in [5, 5.41) is 7.63. The first-order valence-electron chi connectivity index (χ1n) is 7.41. The molecule has 22 heavy (non-hydrogen) atoms. The Kier molecular flexibility index (Phi) is 4.10. The quantitative estimate of drug-likeness (QED) is 0.890. The summed E-state index contributed by atoms with van der Waals surface area (Å²) < 4.78 is 0. The van der Waals surface area contributed by atoms with E-state index in [0.717, 1.165) is 41.6 Å². The molecule has 2 aromatic rings. The fourth-order valence-corrected chi connectivity index (χ4v) is 3.64. The molecule has 118 valence electrons. The number of thiazole rings is 1. The molecule has 0 spiro atoms. The van der Waals surface area contributed by atoms with Crippen molar-refractivity contribution in [2.45, 2.75) is 39.0 Å². The average Bonchev–Trinajstić information content (AvgIpc) is 3.05. The largest absolute Gasteiger partial charge is 0.375 e. The Hall–Kier alpha value is -1.96. The van der Waals surface area contributed by atoms with Crippen LogP contribution in [0.3, 0.4) is 0 Å². The van der Waals surface area contributed by atoms with Gasteiger partial charge in [0, 0.05) is 23.9 Å². The van der Waals surface area contributed by atoms with Gasteiger partial charge in [0.15, 0.2) is 11.0 Å². The van der Waals surface area contributed by atoms with Crippen LogP contribution in [0.5, 0.6) is 0 Å². The molecule has 0 aromatic carbocycles. The molecule has 7 nitrogen and oxygen atoms in total. The monoisotopic (exact) mass is 320 g/mol. The Morgan fingerprint density at radius 3 is 2.91 bits per heavy atom. The number of likely N-dealkylation sites (tertiary alicyclic amines) is 1. The third-order valence-electron chi connectivity index (χ3n) is 3.97. The number of piperidine rings is 1. The summed E-state index contributed by atoms with van der Waals surface area (Å²) in [6.07, 6.45) is 2.38. The van der Waals surface area contributed by atoms with Gasteiger partial charge < -0.3 is 10.6 Å². The lowest BCUT2D eigenvalue weighted by atomic mass is 9.97. The zero-order valence-corrected chi connectivity index (χ0v) is 13.6. The Morgan fingerprint density at radius 2 is 2.27 bits per heavy atom. The second kappa shape index (κ2) is 6.04. The summed E-state index contributed by atoms with van der Waals surface area (Å²) in [7, 11) is 0. The number of H-pyrrole nitrogens is 1. The lowest BCUT2D eigenvalue weighted by Gasteiger charge is -2.31. The van der Waals surface area contributed by atoms with Crippen molar-refractivity contribution in [3.8, 4) is 0 Å². The molecule has 1 aliphatic rings. The van der Waals surface area contributed by atoms with E-state index in [0.29, 0.717) is 18.1 Å². The molecule has 0 unspecified atom stereocenters. The normalized spacial score (nSPS) is 18.6. The second-order valence-corrected chi connectivity index (χ2v) is 6.81. The first-order valence-corrected chi connectivity index (χ1v) is 8.23. The van der Waals surface area contributed by atoms with Crippen LogP contribution in [0.2, 0.25) is 0 Å². The predicted octanol–water partition coefficient (Wildman–Crippen LogP) is 1.41. The topological polar surface area (TPSA) is 101 Å². The fourth-order valence-electron chi connectivity index (χ4n) is 2.82. The SMILES string of the molecule is Cc1nc([C@H]2CCCN(C(=O)Cc3sc(N)nc3C)C2)n[nH]1. The molecule has 1 fully saturated rings. The number of aromatic amines is 1. The number of rotatable bonds is 3. The molecule has 0 aliphatic carbocycles. The minimum atomic E-state index is 0.128. The number of amides is 1. The third-order valence-corrected chi connectivity index (χ3v) is 4.96. The molecule has 2 aromatic heterocycles. The number of nitrogens with two attached hydrogens (primary N) is 1. The third kappa shape index (κ3) is 3.11. The van der Waals surface area contributed by atoms with Crippen LogP contribution in [0, 0.1) is 13.8 Å². The van der Waals surface area contributed by atoms with Gasteiger partial charge in [0.1, 0.15) is 5.82 Å². The highest BCUT2D eigenvalue weighted by Crippen LogP contribution is 2.26. The van der Waals surface area contributed by atoms with Gasteiger partial charge in [0.25, 0.3) is 0 Å². The van der Waals surface area contributed by atoms with Gasteiger partial charge in [-0.1, -0.05) is 0 Å². The number of nitrogens with one attached hydrogen (secondary N) is 1. The van der Waals surface area contributed by atoms with Crippen molar-refractivity contribution >= 4 is 22.4 Å². The minimum absolute atomic E-state index is 0.128. The van der Waals surface area contributed by atoms with E-state index in [2.05, 4.69) is 20.2 Å². The van der Waals surface area contributed by atoms with Crippen LogP contribution in [0.25, 0.3) is 0 Å². The molecule has 0 bridgehead atoms. The Balaban J connectivity index is 1.66. The molecule has 3 heterocycles. The molecule has 3 rings (SSSR count). The van der Waals surface area contributed by atoms with Crippen molar-refractivity contribution in [3.63, 3.8) is 0 Å². The van der Waals surface area contributed by atoms with E-state index < -0.39 is 0 Å². The summed E-state index contributed by atoms with van der Waals surface area (Å²) in [5.41, 5.74) is 6.55. The standard InChI is InChI=1S/C14H20N6OS/c1-8-11(22-14(15)16-8)6-12(21)20-5-3-4-10(7-20)13-17-9(2)18-19-13/h10H,3-7H2,1-2H3,(H2,15,16)(H,17,18,19)/t10-/m0/s1. The van der Waals surface area contributed by atoms with Gasteiger partial charge in [-0.25, -0.2) is 9.97 Å². The molecular weight excluding hydrogens is 300 g/mol. The van der Waals surface area contributed by atoms with Gasteiger partial charge in [0.05, 0.1) is 12.1 Å². The van der Waals surface area contributed by atoms with E-state index in [1.165, 1.54) is 11.3 Å². The molecule has 3 N–H and O–H groups in total. The highest BCUT2D eigenvalue weighted by Gasteiger charge is 2.27. The highest BCUT2D eigenvalue weighted by molar-refractivity contribution is 7.15. The lowest BCUT2D eigenvalue weighted by Crippen LogP contribution is -2.40. The molecule has 0 radical (unpaired) electrons. The summed E-state index contributed by atoms with van der Waals surface area (Å²) in [4.78, 5) is 24.0. The number of carbonyl (C=O) groups is 1. The van der Waals surface area contributed by atoms with E-state index in [-0.39, 0.29) is 11.8 Å². The van der Waals surface area contributed by atoms with Gasteiger partial charge >= 0.3 is 0 Å². The van der Waals surface area contributed by atoms with E-state index in [4.69, 9.17) is 5.73 Å². The maximum atomic E-state index is 12.5. The molecule has 1 saturated heterocycles. The van der Waals surface area contributed by atoms with Gasteiger partial charge in [0.2, 0.25) is 5.91 Å². The molecule has 8 heteroatoms. The number of anilines is 1. The Morgan fingerprint density at radius 1 is 1.45 bits per heavy atom. The molecule has 1 aliphatic heterocycles. The van der Waals surface area contributed by atoms with Crippen LogP contribution in [0.15, 0.2) is 0 Å². The summed E-state index contributed by atoms with van der Waals surface area (Å²) in [6, 6.07) is 0. The van der Waals surface area contributed by atoms with Crippen LogP contribution in [-0.4, -0.2) is 44.1 Å². The van der Waals surface area contributed by atoms with Crippen LogP contribution < -0.4 is 5.73 Å². The molecule has 0 saturated carbocycles. The van der Waals surface area contributed by atoms with E-state index in [9.17, 15) is 4.79 Å². The van der Waals surface area contributed by atoms with Crippen molar-refractivity contribution in [2.75, 3.05) is 18.8 Å². The maximum absolute atomic E-state index is 12.5. The molecule has 1 amide bonds.